The summed E-state index contributed by atoms with van der Waals surface area (Å²) in [5.74, 6) is 0.163. The van der Waals surface area contributed by atoms with Crippen LogP contribution in [0.4, 0.5) is 0 Å². The van der Waals surface area contributed by atoms with Crippen LogP contribution in [0.3, 0.4) is 0 Å². The molecule has 0 bridgehead atoms. The summed E-state index contributed by atoms with van der Waals surface area (Å²) in [4.78, 5) is 23.2. The Morgan fingerprint density at radius 2 is 1.38 bits per heavy atom. The summed E-state index contributed by atoms with van der Waals surface area (Å²) < 4.78 is 10.1. The van der Waals surface area contributed by atoms with E-state index in [4.69, 9.17) is 9.47 Å². The number of hydrogen-bond acceptors (Lipinski definition) is 4. The van der Waals surface area contributed by atoms with Crippen LogP contribution in [0.5, 0.6) is 0 Å². The molecule has 0 aliphatic heterocycles. The fourth-order valence-electron chi connectivity index (χ4n) is 4.34. The van der Waals surface area contributed by atoms with Gasteiger partial charge in [-0.2, -0.15) is 0 Å². The Hall–Kier alpha value is -2.10. The SMILES string of the molecule is CCOC(=O)C1CC=C(CCC=C(C)C)CC1.CCOC(=O)C1CCC=C(CCC=C(C)C)C1. The molecule has 2 aliphatic rings. The van der Waals surface area contributed by atoms with Gasteiger partial charge in [-0.1, -0.05) is 46.6 Å². The average molecular weight is 473 g/mol. The van der Waals surface area contributed by atoms with E-state index in [0.717, 1.165) is 64.2 Å². The molecule has 0 saturated heterocycles. The Bertz CT molecular complexity index is 746. The van der Waals surface area contributed by atoms with Gasteiger partial charge in [0.2, 0.25) is 0 Å². The molecule has 0 amide bonds. The molecule has 192 valence electrons. The molecule has 4 nitrogen and oxygen atoms in total. The average Bonchev–Trinajstić information content (AvgIpc) is 2.80. The Balaban J connectivity index is 0.000000340. The number of ether oxygens (including phenoxy) is 2. The lowest BCUT2D eigenvalue weighted by molar-refractivity contribution is -0.149. The molecule has 2 aliphatic carbocycles. The van der Waals surface area contributed by atoms with Crippen LogP contribution in [-0.2, 0) is 19.1 Å². The van der Waals surface area contributed by atoms with Crippen LogP contribution in [0, 0.1) is 11.8 Å². The van der Waals surface area contributed by atoms with Crippen LogP contribution in [0.25, 0.3) is 0 Å². The van der Waals surface area contributed by atoms with Gasteiger partial charge < -0.3 is 9.47 Å². The molecule has 0 fully saturated rings. The molecule has 0 radical (unpaired) electrons. The van der Waals surface area contributed by atoms with Crippen LogP contribution in [0.15, 0.2) is 46.6 Å². The minimum Gasteiger partial charge on any atom is -0.466 e. The van der Waals surface area contributed by atoms with Crippen LogP contribution in [0.1, 0.15) is 106 Å². The highest BCUT2D eigenvalue weighted by atomic mass is 16.5. The molecule has 0 spiro atoms. The van der Waals surface area contributed by atoms with Gasteiger partial charge in [-0.3, -0.25) is 9.59 Å². The number of carbonyl (C=O) groups excluding carboxylic acids is 2. The second-order valence-corrected chi connectivity index (χ2v) is 9.82. The van der Waals surface area contributed by atoms with Crippen LogP contribution >= 0.6 is 0 Å². The maximum Gasteiger partial charge on any atom is 0.309 e. The Morgan fingerprint density at radius 3 is 1.88 bits per heavy atom. The molecule has 2 atom stereocenters. The molecule has 34 heavy (non-hydrogen) atoms. The van der Waals surface area contributed by atoms with Crippen molar-refractivity contribution in [1.29, 1.82) is 0 Å². The largest absolute Gasteiger partial charge is 0.466 e. The molecule has 0 aromatic carbocycles. The van der Waals surface area contributed by atoms with Crippen molar-refractivity contribution < 1.29 is 19.1 Å². The monoisotopic (exact) mass is 472 g/mol. The highest BCUT2D eigenvalue weighted by Crippen LogP contribution is 2.28. The van der Waals surface area contributed by atoms with Gasteiger partial charge in [0.15, 0.2) is 0 Å². The maximum atomic E-state index is 11.7. The standard InChI is InChI=1S/2C15H24O2/c1-4-17-15(16)14-10-6-9-13(11-14)8-5-7-12(2)3;1-4-17-15(16)14-10-8-13(9-11-14)7-5-6-12(2)3/h7,9,14H,4-6,8,10-11H2,1-3H3;6,8,14H,4-5,7,9-11H2,1-3H3. The lowest BCUT2D eigenvalue weighted by atomic mass is 9.87. The zero-order chi connectivity index (χ0) is 25.3. The summed E-state index contributed by atoms with van der Waals surface area (Å²) in [5, 5.41) is 0. The summed E-state index contributed by atoms with van der Waals surface area (Å²) >= 11 is 0. The van der Waals surface area contributed by atoms with Gasteiger partial charge in [-0.15, -0.1) is 0 Å². The van der Waals surface area contributed by atoms with E-state index in [0.29, 0.717) is 13.2 Å². The molecule has 0 aromatic rings. The van der Waals surface area contributed by atoms with Gasteiger partial charge in [-0.25, -0.2) is 0 Å². The Kier molecular flexibility index (Phi) is 15.3. The van der Waals surface area contributed by atoms with E-state index in [2.05, 4.69) is 52.0 Å². The van der Waals surface area contributed by atoms with E-state index < -0.39 is 0 Å². The quantitative estimate of drug-likeness (QED) is 0.238. The first-order valence-electron chi connectivity index (χ1n) is 13.2. The van der Waals surface area contributed by atoms with Crippen molar-refractivity contribution in [2.45, 2.75) is 106 Å². The summed E-state index contributed by atoms with van der Waals surface area (Å²) in [6.07, 6.45) is 19.3. The van der Waals surface area contributed by atoms with Gasteiger partial charge in [-0.05, 0) is 106 Å². The van der Waals surface area contributed by atoms with E-state index in [-0.39, 0.29) is 23.8 Å². The summed E-state index contributed by atoms with van der Waals surface area (Å²) in [7, 11) is 0. The van der Waals surface area contributed by atoms with Gasteiger partial charge in [0.25, 0.3) is 0 Å². The second kappa shape index (κ2) is 17.4. The number of rotatable bonds is 10. The maximum absolute atomic E-state index is 11.7. The third-order valence-electron chi connectivity index (χ3n) is 6.24. The lowest BCUT2D eigenvalue weighted by Gasteiger charge is -2.21. The van der Waals surface area contributed by atoms with Crippen molar-refractivity contribution in [3.8, 4) is 0 Å². The minimum absolute atomic E-state index is 0.0136. The van der Waals surface area contributed by atoms with Crippen molar-refractivity contribution in [3.05, 3.63) is 46.6 Å². The van der Waals surface area contributed by atoms with E-state index >= 15 is 0 Å². The van der Waals surface area contributed by atoms with Crippen LogP contribution in [-0.4, -0.2) is 25.2 Å². The number of hydrogen-bond donors (Lipinski definition) is 0. The highest BCUT2D eigenvalue weighted by molar-refractivity contribution is 5.73. The molecular formula is C30H48O4. The summed E-state index contributed by atoms with van der Waals surface area (Å²) in [6.45, 7) is 13.2. The molecule has 2 unspecified atom stereocenters. The zero-order valence-electron chi connectivity index (χ0n) is 22.6. The first-order valence-corrected chi connectivity index (χ1v) is 13.2. The number of allylic oxidation sites excluding steroid dienone is 8. The first-order chi connectivity index (χ1) is 16.3. The molecule has 0 N–H and O–H groups in total. The minimum atomic E-state index is -0.0212. The van der Waals surface area contributed by atoms with Crippen molar-refractivity contribution in [2.75, 3.05) is 13.2 Å². The summed E-state index contributed by atoms with van der Waals surface area (Å²) in [5.41, 5.74) is 5.67. The van der Waals surface area contributed by atoms with Crippen LogP contribution < -0.4 is 0 Å². The molecule has 2 rings (SSSR count). The van der Waals surface area contributed by atoms with Crippen molar-refractivity contribution in [3.63, 3.8) is 0 Å². The van der Waals surface area contributed by atoms with E-state index in [1.165, 1.54) is 22.3 Å². The van der Waals surface area contributed by atoms with Crippen LogP contribution in [0.2, 0.25) is 0 Å². The van der Waals surface area contributed by atoms with E-state index in [9.17, 15) is 9.59 Å². The fourth-order valence-corrected chi connectivity index (χ4v) is 4.34. The Morgan fingerprint density at radius 1 is 0.824 bits per heavy atom. The van der Waals surface area contributed by atoms with Gasteiger partial charge >= 0.3 is 11.9 Å². The molecular weight excluding hydrogens is 424 g/mol. The normalized spacial score (nSPS) is 19.5. The van der Waals surface area contributed by atoms with Crippen molar-refractivity contribution >= 4 is 11.9 Å². The fraction of sp³-hybridized carbons (Fsp3) is 0.667. The first kappa shape index (κ1) is 29.9. The molecule has 4 heteroatoms. The molecule has 0 saturated carbocycles. The molecule has 0 aromatic heterocycles. The topological polar surface area (TPSA) is 52.6 Å². The predicted molar refractivity (Wildman–Crippen MR) is 141 cm³/mol. The smallest absolute Gasteiger partial charge is 0.309 e. The third-order valence-corrected chi connectivity index (χ3v) is 6.24. The highest BCUT2D eigenvalue weighted by Gasteiger charge is 2.23. The zero-order valence-corrected chi connectivity index (χ0v) is 22.6. The number of carbonyl (C=O) groups is 2. The lowest BCUT2D eigenvalue weighted by Crippen LogP contribution is -2.20. The number of esters is 2. The second-order valence-electron chi connectivity index (χ2n) is 9.82. The van der Waals surface area contributed by atoms with Crippen molar-refractivity contribution in [2.24, 2.45) is 11.8 Å². The predicted octanol–water partition coefficient (Wildman–Crippen LogP) is 8.04. The van der Waals surface area contributed by atoms with Gasteiger partial charge in [0.1, 0.15) is 0 Å². The van der Waals surface area contributed by atoms with Gasteiger partial charge in [0.05, 0.1) is 25.0 Å². The third kappa shape index (κ3) is 13.0. The summed E-state index contributed by atoms with van der Waals surface area (Å²) in [6, 6.07) is 0. The van der Waals surface area contributed by atoms with E-state index in [1.54, 1.807) is 0 Å². The van der Waals surface area contributed by atoms with Gasteiger partial charge in [0, 0.05) is 0 Å². The molecule has 0 heterocycles. The van der Waals surface area contributed by atoms with Crippen molar-refractivity contribution in [1.82, 2.24) is 0 Å². The van der Waals surface area contributed by atoms with E-state index in [1.807, 2.05) is 13.8 Å². The Labute approximate surface area is 208 Å².